The highest BCUT2D eigenvalue weighted by Crippen LogP contribution is 2.10. The van der Waals surface area contributed by atoms with E-state index >= 15 is 0 Å². The topological polar surface area (TPSA) is 55.6 Å². The van der Waals surface area contributed by atoms with Crippen LogP contribution >= 0.6 is 0 Å². The third kappa shape index (κ3) is 2.71. The van der Waals surface area contributed by atoms with Crippen molar-refractivity contribution < 1.29 is 9.92 Å². The van der Waals surface area contributed by atoms with E-state index in [1.165, 1.54) is 0 Å². The van der Waals surface area contributed by atoms with Crippen LogP contribution in [0.5, 0.6) is 0 Å². The highest BCUT2D eigenvalue weighted by molar-refractivity contribution is 4.68. The fraction of sp³-hybridized carbons (Fsp3) is 1.00. The Bertz CT molecular complexity index is 151. The molecule has 0 bridgehead atoms. The normalized spacial score (nSPS) is 26.5. The summed E-state index contributed by atoms with van der Waals surface area (Å²) in [4.78, 5) is 16.4. The molecular formula is C6H12N2O3. The zero-order valence-corrected chi connectivity index (χ0v) is 6.52. The molecule has 1 fully saturated rings. The Morgan fingerprint density at radius 1 is 1.73 bits per heavy atom. The second-order valence-corrected chi connectivity index (χ2v) is 2.86. The van der Waals surface area contributed by atoms with Gasteiger partial charge in [0.1, 0.15) is 6.10 Å². The number of nitrogens with zero attached hydrogens (tertiary/aromatic N) is 2. The van der Waals surface area contributed by atoms with Crippen molar-refractivity contribution in [3.05, 3.63) is 10.1 Å². The maximum absolute atomic E-state index is 9.94. The molecule has 1 saturated heterocycles. The number of piperidine rings is 1. The highest BCUT2D eigenvalue weighted by Gasteiger charge is 2.19. The second-order valence-electron chi connectivity index (χ2n) is 2.86. The van der Waals surface area contributed by atoms with Gasteiger partial charge in [0.25, 0.3) is 5.09 Å². The Kier molecular flexibility index (Phi) is 2.64. The summed E-state index contributed by atoms with van der Waals surface area (Å²) in [5.41, 5.74) is 0. The number of hydrogen-bond acceptors (Lipinski definition) is 4. The van der Waals surface area contributed by atoms with Gasteiger partial charge in [-0.25, -0.2) is 0 Å². The molecule has 0 amide bonds. The molecule has 1 unspecified atom stereocenters. The summed E-state index contributed by atoms with van der Waals surface area (Å²) in [6.45, 7) is 1.68. The van der Waals surface area contributed by atoms with Crippen LogP contribution in [0, 0.1) is 10.1 Å². The molecule has 1 aliphatic heterocycles. The fourth-order valence-corrected chi connectivity index (χ4v) is 1.33. The Morgan fingerprint density at radius 2 is 2.45 bits per heavy atom. The first-order chi connectivity index (χ1) is 5.18. The lowest BCUT2D eigenvalue weighted by atomic mass is 10.1. The van der Waals surface area contributed by atoms with Crippen molar-refractivity contribution in [2.45, 2.75) is 18.9 Å². The van der Waals surface area contributed by atoms with Gasteiger partial charge in [-0.2, -0.15) is 0 Å². The molecule has 0 saturated carbocycles. The molecule has 1 atom stereocenters. The Morgan fingerprint density at radius 3 is 3.00 bits per heavy atom. The minimum Gasteiger partial charge on any atom is -0.309 e. The van der Waals surface area contributed by atoms with Gasteiger partial charge in [-0.3, -0.25) is 0 Å². The van der Waals surface area contributed by atoms with E-state index in [0.29, 0.717) is 6.54 Å². The van der Waals surface area contributed by atoms with Crippen LogP contribution < -0.4 is 0 Å². The standard InChI is InChI=1S/C6H12N2O3/c1-7-4-2-3-6(5-7)11-8(9)10/h6H,2-5H2,1H3. The molecule has 5 heteroatoms. The molecule has 5 nitrogen and oxygen atoms in total. The minimum absolute atomic E-state index is 0.219. The summed E-state index contributed by atoms with van der Waals surface area (Å²) in [7, 11) is 1.94. The van der Waals surface area contributed by atoms with Crippen LogP contribution in [0.3, 0.4) is 0 Å². The predicted octanol–water partition coefficient (Wildman–Crippen LogP) is 0.289. The van der Waals surface area contributed by atoms with E-state index in [0.717, 1.165) is 19.4 Å². The molecule has 0 aliphatic carbocycles. The molecule has 0 spiro atoms. The lowest BCUT2D eigenvalue weighted by molar-refractivity contribution is -0.769. The van der Waals surface area contributed by atoms with E-state index in [1.54, 1.807) is 0 Å². The molecule has 0 radical (unpaired) electrons. The summed E-state index contributed by atoms with van der Waals surface area (Å²) in [6, 6.07) is 0. The second kappa shape index (κ2) is 3.52. The van der Waals surface area contributed by atoms with Gasteiger partial charge in [-0.05, 0) is 26.4 Å². The maximum Gasteiger partial charge on any atom is 0.294 e. The van der Waals surface area contributed by atoms with E-state index in [9.17, 15) is 10.1 Å². The lowest BCUT2D eigenvalue weighted by Crippen LogP contribution is -2.37. The van der Waals surface area contributed by atoms with Gasteiger partial charge in [0.05, 0.1) is 0 Å². The largest absolute Gasteiger partial charge is 0.309 e. The third-order valence-electron chi connectivity index (χ3n) is 1.82. The average Bonchev–Trinajstić information content (AvgIpc) is 1.85. The number of rotatable bonds is 2. The van der Waals surface area contributed by atoms with E-state index in [2.05, 4.69) is 4.84 Å². The third-order valence-corrected chi connectivity index (χ3v) is 1.82. The number of likely N-dealkylation sites (tertiary alicyclic amines) is 1. The summed E-state index contributed by atoms with van der Waals surface area (Å²) in [6.07, 6.45) is 1.56. The molecule has 0 N–H and O–H groups in total. The van der Waals surface area contributed by atoms with Crippen LogP contribution in [0.4, 0.5) is 0 Å². The summed E-state index contributed by atoms with van der Waals surface area (Å²) in [5.74, 6) is 0. The molecule has 0 aromatic rings. The van der Waals surface area contributed by atoms with Crippen molar-refractivity contribution in [3.63, 3.8) is 0 Å². The summed E-state index contributed by atoms with van der Waals surface area (Å²) in [5, 5.41) is 9.23. The van der Waals surface area contributed by atoms with Gasteiger partial charge in [0, 0.05) is 6.54 Å². The van der Waals surface area contributed by atoms with Crippen molar-refractivity contribution in [1.29, 1.82) is 0 Å². The van der Waals surface area contributed by atoms with Crippen LogP contribution in [-0.2, 0) is 4.84 Å². The van der Waals surface area contributed by atoms with Gasteiger partial charge in [-0.15, -0.1) is 10.1 Å². The van der Waals surface area contributed by atoms with Crippen molar-refractivity contribution >= 4 is 0 Å². The molecule has 0 aromatic carbocycles. The Balaban J connectivity index is 2.28. The highest BCUT2D eigenvalue weighted by atomic mass is 17.0. The smallest absolute Gasteiger partial charge is 0.294 e. The predicted molar refractivity (Wildman–Crippen MR) is 38.6 cm³/mol. The van der Waals surface area contributed by atoms with Gasteiger partial charge in [-0.1, -0.05) is 0 Å². The van der Waals surface area contributed by atoms with Crippen molar-refractivity contribution in [2.75, 3.05) is 20.1 Å². The Labute approximate surface area is 65.0 Å². The van der Waals surface area contributed by atoms with Crippen LogP contribution in [0.2, 0.25) is 0 Å². The van der Waals surface area contributed by atoms with E-state index < -0.39 is 5.09 Å². The first kappa shape index (κ1) is 8.26. The van der Waals surface area contributed by atoms with Crippen LogP contribution in [-0.4, -0.2) is 36.2 Å². The quantitative estimate of drug-likeness (QED) is 0.430. The fourth-order valence-electron chi connectivity index (χ4n) is 1.33. The maximum atomic E-state index is 9.94. The molecule has 1 aliphatic rings. The van der Waals surface area contributed by atoms with Crippen molar-refractivity contribution in [1.82, 2.24) is 4.90 Å². The van der Waals surface area contributed by atoms with E-state index in [4.69, 9.17) is 0 Å². The van der Waals surface area contributed by atoms with Gasteiger partial charge >= 0.3 is 0 Å². The number of likely N-dealkylation sites (N-methyl/N-ethyl adjacent to an activating group) is 1. The zero-order chi connectivity index (χ0) is 8.27. The van der Waals surface area contributed by atoms with Crippen molar-refractivity contribution in [2.24, 2.45) is 0 Å². The lowest BCUT2D eigenvalue weighted by Gasteiger charge is -2.27. The van der Waals surface area contributed by atoms with Crippen LogP contribution in [0.1, 0.15) is 12.8 Å². The monoisotopic (exact) mass is 160 g/mol. The van der Waals surface area contributed by atoms with E-state index in [1.807, 2.05) is 11.9 Å². The SMILES string of the molecule is CN1CCCC(O[N+](=O)[O-])C1. The molecular weight excluding hydrogens is 148 g/mol. The summed E-state index contributed by atoms with van der Waals surface area (Å²) >= 11 is 0. The molecule has 1 rings (SSSR count). The molecule has 1 heterocycles. The molecule has 11 heavy (non-hydrogen) atoms. The van der Waals surface area contributed by atoms with Gasteiger partial charge in [0.2, 0.25) is 0 Å². The zero-order valence-electron chi connectivity index (χ0n) is 6.52. The van der Waals surface area contributed by atoms with Gasteiger partial charge < -0.3 is 9.74 Å². The first-order valence-corrected chi connectivity index (χ1v) is 3.68. The van der Waals surface area contributed by atoms with Gasteiger partial charge in [0.15, 0.2) is 0 Å². The number of hydrogen-bond donors (Lipinski definition) is 0. The first-order valence-electron chi connectivity index (χ1n) is 3.68. The van der Waals surface area contributed by atoms with Crippen LogP contribution in [0.15, 0.2) is 0 Å². The average molecular weight is 160 g/mol. The molecule has 64 valence electrons. The van der Waals surface area contributed by atoms with Crippen LogP contribution in [0.25, 0.3) is 0 Å². The van der Waals surface area contributed by atoms with Crippen molar-refractivity contribution in [3.8, 4) is 0 Å². The summed E-state index contributed by atoms with van der Waals surface area (Å²) < 4.78 is 0. The van der Waals surface area contributed by atoms with E-state index in [-0.39, 0.29) is 6.10 Å². The Hall–Kier alpha value is -0.840. The molecule has 0 aromatic heterocycles. The minimum atomic E-state index is -0.705.